The van der Waals surface area contributed by atoms with Crippen LogP contribution < -0.4 is 0 Å². The van der Waals surface area contributed by atoms with E-state index in [0.717, 1.165) is 66.7 Å². The predicted molar refractivity (Wildman–Crippen MR) is 189 cm³/mol. The van der Waals surface area contributed by atoms with E-state index in [0.29, 0.717) is 12.3 Å². The lowest BCUT2D eigenvalue weighted by atomic mass is 9.75. The van der Waals surface area contributed by atoms with Crippen LogP contribution in [0, 0.1) is 11.3 Å². The molecule has 0 aliphatic heterocycles. The summed E-state index contributed by atoms with van der Waals surface area (Å²) in [6.45, 7) is 0. The molecule has 47 heavy (non-hydrogen) atoms. The second-order valence-corrected chi connectivity index (χ2v) is 11.8. The highest BCUT2D eigenvalue weighted by molar-refractivity contribution is 5.96. The van der Waals surface area contributed by atoms with Gasteiger partial charge >= 0.3 is 0 Å². The molecule has 0 fully saturated rings. The minimum Gasteiger partial charge on any atom is -0.436 e. The molecule has 0 N–H and O–H groups in total. The standard InChI is InChI=1S/C43H29N3O/c44-29-43(38-11-5-2-6-12-38)23-21-33(22-24-43)30-17-19-35(20-18-30)42-46-41-39(34-8-3-1-4-9-34)26-37(27-40(41)47-42)32-15-13-31(14-16-32)36-10-7-25-45-28-36/h1-23,25-28H,24H2. The molecule has 0 bridgehead atoms. The number of rotatable bonds is 6. The second-order valence-electron chi connectivity index (χ2n) is 11.8. The summed E-state index contributed by atoms with van der Waals surface area (Å²) in [4.78, 5) is 9.28. The zero-order chi connectivity index (χ0) is 31.6. The molecule has 0 spiro atoms. The number of hydrogen-bond donors (Lipinski definition) is 0. The van der Waals surface area contributed by atoms with E-state index >= 15 is 0 Å². The third-order valence-corrected chi connectivity index (χ3v) is 8.94. The number of benzene rings is 5. The number of nitriles is 1. The number of pyridine rings is 1. The fourth-order valence-corrected chi connectivity index (χ4v) is 6.30. The van der Waals surface area contributed by atoms with Crippen molar-refractivity contribution in [2.75, 3.05) is 0 Å². The van der Waals surface area contributed by atoms with Crippen LogP contribution >= 0.6 is 0 Å². The van der Waals surface area contributed by atoms with Gasteiger partial charge in [-0.15, -0.1) is 0 Å². The predicted octanol–water partition coefficient (Wildman–Crippen LogP) is 10.7. The summed E-state index contributed by atoms with van der Waals surface area (Å²) in [7, 11) is 0. The summed E-state index contributed by atoms with van der Waals surface area (Å²) < 4.78 is 6.46. The molecule has 0 saturated heterocycles. The third kappa shape index (κ3) is 5.35. The number of allylic oxidation sites excluding steroid dienone is 4. The molecular formula is C43H29N3O. The van der Waals surface area contributed by atoms with E-state index in [1.54, 1.807) is 6.20 Å². The molecule has 1 aliphatic carbocycles. The maximum atomic E-state index is 10.1. The van der Waals surface area contributed by atoms with Crippen molar-refractivity contribution in [1.29, 1.82) is 5.26 Å². The van der Waals surface area contributed by atoms with Gasteiger partial charge in [-0.3, -0.25) is 4.98 Å². The number of nitrogens with zero attached hydrogens (tertiary/aromatic N) is 3. The molecule has 0 amide bonds. The molecule has 0 radical (unpaired) electrons. The van der Waals surface area contributed by atoms with E-state index in [1.165, 1.54) is 0 Å². The Kier molecular flexibility index (Phi) is 7.13. The number of hydrogen-bond acceptors (Lipinski definition) is 4. The zero-order valence-corrected chi connectivity index (χ0v) is 25.5. The van der Waals surface area contributed by atoms with Crippen LogP contribution in [0.5, 0.6) is 0 Å². The highest BCUT2D eigenvalue weighted by Gasteiger charge is 2.30. The maximum absolute atomic E-state index is 10.1. The summed E-state index contributed by atoms with van der Waals surface area (Å²) in [5.41, 5.74) is 11.5. The van der Waals surface area contributed by atoms with Gasteiger partial charge in [-0.1, -0.05) is 121 Å². The van der Waals surface area contributed by atoms with E-state index in [-0.39, 0.29) is 0 Å². The van der Waals surface area contributed by atoms with Crippen molar-refractivity contribution >= 4 is 16.7 Å². The first-order valence-corrected chi connectivity index (χ1v) is 15.7. The molecule has 4 heteroatoms. The lowest BCUT2D eigenvalue weighted by Crippen LogP contribution is -2.22. The van der Waals surface area contributed by atoms with E-state index in [4.69, 9.17) is 9.40 Å². The molecule has 0 saturated carbocycles. The van der Waals surface area contributed by atoms with Gasteiger partial charge < -0.3 is 4.42 Å². The van der Waals surface area contributed by atoms with E-state index in [1.807, 2.05) is 66.9 Å². The molecular weight excluding hydrogens is 574 g/mol. The van der Waals surface area contributed by atoms with Crippen LogP contribution in [0.25, 0.3) is 61.5 Å². The molecule has 1 aliphatic rings. The van der Waals surface area contributed by atoms with E-state index in [9.17, 15) is 5.26 Å². The van der Waals surface area contributed by atoms with Gasteiger partial charge in [0.2, 0.25) is 5.89 Å². The molecule has 2 heterocycles. The Hall–Kier alpha value is -6.31. The van der Waals surface area contributed by atoms with Gasteiger partial charge in [0.15, 0.2) is 5.58 Å². The van der Waals surface area contributed by atoms with E-state index in [2.05, 4.69) is 102 Å². The monoisotopic (exact) mass is 603 g/mol. The lowest BCUT2D eigenvalue weighted by Gasteiger charge is -2.25. The van der Waals surface area contributed by atoms with Crippen molar-refractivity contribution in [3.05, 3.63) is 175 Å². The number of aromatic nitrogens is 2. The van der Waals surface area contributed by atoms with Crippen molar-refractivity contribution in [2.45, 2.75) is 11.8 Å². The van der Waals surface area contributed by atoms with Crippen molar-refractivity contribution in [3.8, 4) is 50.9 Å². The van der Waals surface area contributed by atoms with Crippen molar-refractivity contribution < 1.29 is 4.42 Å². The molecule has 2 aromatic heterocycles. The van der Waals surface area contributed by atoms with Crippen LogP contribution in [-0.2, 0) is 5.41 Å². The first-order chi connectivity index (χ1) is 23.2. The topological polar surface area (TPSA) is 62.7 Å². The summed E-state index contributed by atoms with van der Waals surface area (Å²) >= 11 is 0. The summed E-state index contributed by atoms with van der Waals surface area (Å²) in [5.74, 6) is 0.577. The number of oxazole rings is 1. The first-order valence-electron chi connectivity index (χ1n) is 15.7. The quantitative estimate of drug-likeness (QED) is 0.190. The summed E-state index contributed by atoms with van der Waals surface area (Å²) in [6, 6.07) is 48.0. The Balaban J connectivity index is 1.12. The highest BCUT2D eigenvalue weighted by Crippen LogP contribution is 2.39. The van der Waals surface area contributed by atoms with Crippen LogP contribution in [0.15, 0.2) is 168 Å². The first kappa shape index (κ1) is 28.2. The summed E-state index contributed by atoms with van der Waals surface area (Å²) in [6.07, 6.45) is 10.5. The molecule has 1 atom stereocenters. The fraction of sp³-hybridized carbons (Fsp3) is 0.0465. The molecule has 8 rings (SSSR count). The van der Waals surface area contributed by atoms with Crippen LogP contribution in [-0.4, -0.2) is 9.97 Å². The molecule has 1 unspecified atom stereocenters. The van der Waals surface area contributed by atoms with Gasteiger partial charge in [0.05, 0.1) is 6.07 Å². The lowest BCUT2D eigenvalue weighted by molar-refractivity contribution is 0.620. The van der Waals surface area contributed by atoms with Crippen molar-refractivity contribution in [1.82, 2.24) is 9.97 Å². The molecule has 7 aromatic rings. The normalized spacial score (nSPS) is 15.7. The molecule has 5 aromatic carbocycles. The molecule has 4 nitrogen and oxygen atoms in total. The van der Waals surface area contributed by atoms with Crippen molar-refractivity contribution in [2.24, 2.45) is 0 Å². The SMILES string of the molecule is N#CC1(c2ccccc2)C=CC(c2ccc(-c3nc4c(-c5ccccc5)cc(-c5ccc(-c6cccnc6)cc5)cc4o3)cc2)=CC1. The second kappa shape index (κ2) is 11.9. The van der Waals surface area contributed by atoms with Crippen LogP contribution in [0.2, 0.25) is 0 Å². The zero-order valence-electron chi connectivity index (χ0n) is 25.5. The van der Waals surface area contributed by atoms with Gasteiger partial charge in [0.1, 0.15) is 10.9 Å². The van der Waals surface area contributed by atoms with Crippen molar-refractivity contribution in [3.63, 3.8) is 0 Å². The average molecular weight is 604 g/mol. The van der Waals surface area contributed by atoms with Crippen LogP contribution in [0.4, 0.5) is 0 Å². The Morgan fingerprint density at radius 3 is 1.96 bits per heavy atom. The third-order valence-electron chi connectivity index (χ3n) is 8.94. The summed E-state index contributed by atoms with van der Waals surface area (Å²) in [5, 5.41) is 10.1. The minimum atomic E-state index is -0.639. The van der Waals surface area contributed by atoms with Gasteiger partial charge in [-0.25, -0.2) is 4.98 Å². The smallest absolute Gasteiger partial charge is 0.227 e. The van der Waals surface area contributed by atoms with Gasteiger partial charge in [0, 0.05) is 23.5 Å². The van der Waals surface area contributed by atoms with Gasteiger partial charge in [0.25, 0.3) is 0 Å². The van der Waals surface area contributed by atoms with E-state index < -0.39 is 5.41 Å². The number of fused-ring (bicyclic) bond motifs is 1. The highest BCUT2D eigenvalue weighted by atomic mass is 16.3. The Morgan fingerprint density at radius 2 is 1.30 bits per heavy atom. The average Bonchev–Trinajstić information content (AvgIpc) is 3.60. The Morgan fingerprint density at radius 1 is 0.638 bits per heavy atom. The molecule has 222 valence electrons. The fourth-order valence-electron chi connectivity index (χ4n) is 6.30. The Bertz CT molecular complexity index is 2300. The maximum Gasteiger partial charge on any atom is 0.227 e. The van der Waals surface area contributed by atoms with Crippen LogP contribution in [0.3, 0.4) is 0 Å². The minimum absolute atomic E-state index is 0.577. The largest absolute Gasteiger partial charge is 0.436 e. The van der Waals surface area contributed by atoms with Gasteiger partial charge in [-0.05, 0) is 81.3 Å². The van der Waals surface area contributed by atoms with Crippen LogP contribution in [0.1, 0.15) is 17.5 Å². The van der Waals surface area contributed by atoms with Gasteiger partial charge in [-0.2, -0.15) is 5.26 Å². The Labute approximate surface area is 273 Å².